The van der Waals surface area contributed by atoms with Crippen LogP contribution >= 0.6 is 0 Å². The van der Waals surface area contributed by atoms with Gasteiger partial charge >= 0.3 is 5.97 Å². The third kappa shape index (κ3) is 5.73. The Kier molecular flexibility index (Phi) is 7.44. The second-order valence-corrected chi connectivity index (χ2v) is 8.69. The van der Waals surface area contributed by atoms with E-state index < -0.39 is 28.0 Å². The molecule has 0 aliphatic rings. The van der Waals surface area contributed by atoms with Crippen molar-refractivity contribution in [2.75, 3.05) is 29.5 Å². The SMILES string of the molecule is CCOC(=O)c1cccc(NC(=O)[C@H](C)Oc2ccc(N(C)S(C)(=O)=O)cc2)c1C. The molecule has 0 saturated heterocycles. The second kappa shape index (κ2) is 9.62. The Morgan fingerprint density at radius 1 is 1.13 bits per heavy atom. The molecule has 162 valence electrons. The number of hydrogen-bond acceptors (Lipinski definition) is 6. The van der Waals surface area contributed by atoms with Crippen LogP contribution in [0.5, 0.6) is 5.75 Å². The standard InChI is InChI=1S/C21H26N2O6S/c1-6-28-21(25)18-8-7-9-19(14(18)2)22-20(24)15(3)29-17-12-10-16(11-13-17)23(4)30(5,26)27/h7-13,15H,6H2,1-5H3,(H,22,24)/t15-/m0/s1. The number of sulfonamides is 1. The molecule has 9 heteroatoms. The minimum atomic E-state index is -3.36. The number of amides is 1. The number of esters is 1. The predicted molar refractivity (Wildman–Crippen MR) is 116 cm³/mol. The predicted octanol–water partition coefficient (Wildman–Crippen LogP) is 2.97. The van der Waals surface area contributed by atoms with Crippen molar-refractivity contribution in [1.82, 2.24) is 0 Å². The number of hydrogen-bond donors (Lipinski definition) is 1. The number of anilines is 2. The minimum Gasteiger partial charge on any atom is -0.481 e. The molecule has 2 aromatic carbocycles. The molecular weight excluding hydrogens is 408 g/mol. The Morgan fingerprint density at radius 2 is 1.77 bits per heavy atom. The van der Waals surface area contributed by atoms with Crippen molar-refractivity contribution >= 4 is 33.3 Å². The van der Waals surface area contributed by atoms with E-state index in [4.69, 9.17) is 9.47 Å². The number of nitrogens with one attached hydrogen (secondary N) is 1. The summed E-state index contributed by atoms with van der Waals surface area (Å²) in [7, 11) is -1.91. The molecule has 2 rings (SSSR count). The highest BCUT2D eigenvalue weighted by atomic mass is 32.2. The van der Waals surface area contributed by atoms with Gasteiger partial charge in [-0.25, -0.2) is 13.2 Å². The maximum Gasteiger partial charge on any atom is 0.338 e. The molecule has 0 aliphatic carbocycles. The summed E-state index contributed by atoms with van der Waals surface area (Å²) in [6, 6.07) is 11.4. The van der Waals surface area contributed by atoms with Crippen LogP contribution in [0.2, 0.25) is 0 Å². The van der Waals surface area contributed by atoms with Crippen LogP contribution in [0.3, 0.4) is 0 Å². The van der Waals surface area contributed by atoms with Crippen molar-refractivity contribution < 1.29 is 27.5 Å². The number of nitrogens with zero attached hydrogens (tertiary/aromatic N) is 1. The van der Waals surface area contributed by atoms with Crippen molar-refractivity contribution in [2.24, 2.45) is 0 Å². The van der Waals surface area contributed by atoms with Crippen molar-refractivity contribution in [1.29, 1.82) is 0 Å². The van der Waals surface area contributed by atoms with E-state index in [0.29, 0.717) is 28.3 Å². The van der Waals surface area contributed by atoms with E-state index in [1.807, 2.05) is 0 Å². The molecule has 0 aliphatic heterocycles. The normalized spacial score (nSPS) is 12.0. The van der Waals surface area contributed by atoms with Crippen LogP contribution in [0.15, 0.2) is 42.5 Å². The van der Waals surface area contributed by atoms with Gasteiger partial charge in [0.15, 0.2) is 6.10 Å². The van der Waals surface area contributed by atoms with Crippen LogP contribution in [-0.4, -0.2) is 46.3 Å². The van der Waals surface area contributed by atoms with Gasteiger partial charge in [-0.15, -0.1) is 0 Å². The van der Waals surface area contributed by atoms with E-state index in [-0.39, 0.29) is 6.61 Å². The molecule has 0 bridgehead atoms. The van der Waals surface area contributed by atoms with Crippen LogP contribution in [-0.2, 0) is 19.6 Å². The van der Waals surface area contributed by atoms with Gasteiger partial charge in [0.1, 0.15) is 5.75 Å². The number of ether oxygens (including phenoxy) is 2. The Bertz CT molecular complexity index is 1020. The van der Waals surface area contributed by atoms with Crippen LogP contribution in [0, 0.1) is 6.92 Å². The highest BCUT2D eigenvalue weighted by Gasteiger charge is 2.19. The Labute approximate surface area is 176 Å². The smallest absolute Gasteiger partial charge is 0.338 e. The average molecular weight is 435 g/mol. The first kappa shape index (κ1) is 23.2. The van der Waals surface area contributed by atoms with E-state index in [1.165, 1.54) is 7.05 Å². The highest BCUT2D eigenvalue weighted by Crippen LogP contribution is 2.23. The van der Waals surface area contributed by atoms with E-state index in [2.05, 4.69) is 5.32 Å². The third-order valence-electron chi connectivity index (χ3n) is 4.47. The topological polar surface area (TPSA) is 102 Å². The summed E-state index contributed by atoms with van der Waals surface area (Å²) in [6.07, 6.45) is 0.289. The lowest BCUT2D eigenvalue weighted by atomic mass is 10.1. The number of carbonyl (C=O) groups is 2. The van der Waals surface area contributed by atoms with Gasteiger partial charge in [-0.3, -0.25) is 9.10 Å². The fourth-order valence-electron chi connectivity index (χ4n) is 2.62. The van der Waals surface area contributed by atoms with Crippen LogP contribution in [0.1, 0.15) is 29.8 Å². The van der Waals surface area contributed by atoms with Crippen molar-refractivity contribution in [2.45, 2.75) is 26.9 Å². The Balaban J connectivity index is 2.07. The monoisotopic (exact) mass is 434 g/mol. The quantitative estimate of drug-likeness (QED) is 0.641. The molecule has 0 unspecified atom stereocenters. The molecule has 0 fully saturated rings. The zero-order valence-electron chi connectivity index (χ0n) is 17.6. The molecule has 1 amide bonds. The summed E-state index contributed by atoms with van der Waals surface area (Å²) in [5, 5.41) is 2.76. The largest absolute Gasteiger partial charge is 0.481 e. The van der Waals surface area contributed by atoms with E-state index in [1.54, 1.807) is 63.2 Å². The van der Waals surface area contributed by atoms with Crippen molar-refractivity contribution in [3.05, 3.63) is 53.6 Å². The molecule has 2 aromatic rings. The second-order valence-electron chi connectivity index (χ2n) is 6.67. The summed E-state index contributed by atoms with van der Waals surface area (Å²) in [6.45, 7) is 5.31. The molecule has 0 spiro atoms. The fourth-order valence-corrected chi connectivity index (χ4v) is 3.12. The molecule has 1 atom stereocenters. The average Bonchev–Trinajstić information content (AvgIpc) is 2.69. The van der Waals surface area contributed by atoms with Gasteiger partial charge in [-0.1, -0.05) is 6.07 Å². The molecule has 1 N–H and O–H groups in total. The summed E-state index contributed by atoms with van der Waals surface area (Å²) in [5.74, 6) is -0.425. The molecule has 0 radical (unpaired) electrons. The first-order valence-corrected chi connectivity index (χ1v) is 11.2. The molecule has 30 heavy (non-hydrogen) atoms. The van der Waals surface area contributed by atoms with Gasteiger partial charge in [0.05, 0.1) is 24.1 Å². The molecule has 0 heterocycles. The van der Waals surface area contributed by atoms with Crippen LogP contribution in [0.25, 0.3) is 0 Å². The van der Waals surface area contributed by atoms with Gasteiger partial charge in [0.25, 0.3) is 5.91 Å². The van der Waals surface area contributed by atoms with Crippen molar-refractivity contribution in [3.63, 3.8) is 0 Å². The van der Waals surface area contributed by atoms with E-state index >= 15 is 0 Å². The summed E-state index contributed by atoms with van der Waals surface area (Å²) in [5.41, 5.74) is 1.96. The third-order valence-corrected chi connectivity index (χ3v) is 5.67. The summed E-state index contributed by atoms with van der Waals surface area (Å²) in [4.78, 5) is 24.6. The first-order chi connectivity index (χ1) is 14.0. The lowest BCUT2D eigenvalue weighted by Crippen LogP contribution is -2.30. The maximum atomic E-state index is 12.5. The molecular formula is C21H26N2O6S. The first-order valence-electron chi connectivity index (χ1n) is 9.32. The van der Waals surface area contributed by atoms with Crippen LogP contribution in [0.4, 0.5) is 11.4 Å². The van der Waals surface area contributed by atoms with E-state index in [0.717, 1.165) is 10.6 Å². The summed E-state index contributed by atoms with van der Waals surface area (Å²) < 4.78 is 35.0. The lowest BCUT2D eigenvalue weighted by molar-refractivity contribution is -0.122. The minimum absolute atomic E-state index is 0.262. The highest BCUT2D eigenvalue weighted by molar-refractivity contribution is 7.92. The number of rotatable bonds is 8. The number of benzene rings is 2. The van der Waals surface area contributed by atoms with Gasteiger partial charge in [0, 0.05) is 12.7 Å². The zero-order chi connectivity index (χ0) is 22.5. The lowest BCUT2D eigenvalue weighted by Gasteiger charge is -2.19. The van der Waals surface area contributed by atoms with Gasteiger partial charge in [0.2, 0.25) is 10.0 Å². The summed E-state index contributed by atoms with van der Waals surface area (Å²) >= 11 is 0. The Hall–Kier alpha value is -3.07. The number of carbonyl (C=O) groups excluding carboxylic acids is 2. The van der Waals surface area contributed by atoms with Gasteiger partial charge in [-0.2, -0.15) is 0 Å². The van der Waals surface area contributed by atoms with E-state index in [9.17, 15) is 18.0 Å². The van der Waals surface area contributed by atoms with Gasteiger partial charge < -0.3 is 14.8 Å². The van der Waals surface area contributed by atoms with Gasteiger partial charge in [-0.05, 0) is 62.7 Å². The molecule has 0 saturated carbocycles. The molecule has 0 aromatic heterocycles. The zero-order valence-corrected chi connectivity index (χ0v) is 18.4. The molecule has 8 nitrogen and oxygen atoms in total. The van der Waals surface area contributed by atoms with Crippen molar-refractivity contribution in [3.8, 4) is 5.75 Å². The van der Waals surface area contributed by atoms with Crippen LogP contribution < -0.4 is 14.4 Å². The fraction of sp³-hybridized carbons (Fsp3) is 0.333. The maximum absolute atomic E-state index is 12.5. The Morgan fingerprint density at radius 3 is 2.33 bits per heavy atom.